The molecule has 192 valence electrons. The number of nitrogens with zero attached hydrogens (tertiary/aromatic N) is 4. The van der Waals surface area contributed by atoms with Gasteiger partial charge in [-0.1, -0.05) is 36.4 Å². The number of benzene rings is 2. The van der Waals surface area contributed by atoms with E-state index in [0.29, 0.717) is 11.3 Å². The maximum atomic E-state index is 14.5. The fraction of sp³-hybridized carbons (Fsp3) is 0.286. The second-order valence-corrected chi connectivity index (χ2v) is 10.5. The minimum atomic E-state index is -1.61. The number of amides is 6. The van der Waals surface area contributed by atoms with Gasteiger partial charge in [-0.05, 0) is 23.3 Å². The summed E-state index contributed by atoms with van der Waals surface area (Å²) in [7, 11) is 6.15. The average Bonchev–Trinajstić information content (AvgIpc) is 3.61. The zero-order chi connectivity index (χ0) is 26.7. The summed E-state index contributed by atoms with van der Waals surface area (Å²) in [6.07, 6.45) is 1.99. The van der Waals surface area contributed by atoms with Crippen LogP contribution in [-0.4, -0.2) is 87.2 Å². The number of rotatable bonds is 1. The molecule has 3 atom stereocenters. The van der Waals surface area contributed by atoms with Crippen molar-refractivity contribution in [2.24, 2.45) is 0 Å². The van der Waals surface area contributed by atoms with E-state index in [2.05, 4.69) is 9.97 Å². The van der Waals surface area contributed by atoms with E-state index in [9.17, 15) is 19.2 Å². The summed E-state index contributed by atoms with van der Waals surface area (Å²) in [4.78, 5) is 67.7. The van der Waals surface area contributed by atoms with Gasteiger partial charge >= 0.3 is 12.1 Å². The van der Waals surface area contributed by atoms with Crippen molar-refractivity contribution in [2.75, 3.05) is 28.2 Å². The minimum Gasteiger partial charge on any atom is -0.361 e. The van der Waals surface area contributed by atoms with Crippen LogP contribution in [0.5, 0.6) is 0 Å². The molecule has 0 unspecified atom stereocenters. The third-order valence-corrected chi connectivity index (χ3v) is 9.05. The van der Waals surface area contributed by atoms with Crippen molar-refractivity contribution >= 4 is 45.7 Å². The molecule has 38 heavy (non-hydrogen) atoms. The van der Waals surface area contributed by atoms with Crippen LogP contribution in [-0.2, 0) is 21.5 Å². The topological polar surface area (TPSA) is 113 Å². The van der Waals surface area contributed by atoms with E-state index < -0.39 is 40.9 Å². The van der Waals surface area contributed by atoms with E-state index in [1.807, 2.05) is 48.5 Å². The number of urea groups is 2. The van der Waals surface area contributed by atoms with E-state index in [-0.39, 0.29) is 6.42 Å². The van der Waals surface area contributed by atoms with Crippen molar-refractivity contribution in [1.82, 2.24) is 29.6 Å². The Morgan fingerprint density at radius 3 is 2.00 bits per heavy atom. The Hall–Kier alpha value is -4.60. The molecule has 2 N–H and O–H groups in total. The van der Waals surface area contributed by atoms with Crippen molar-refractivity contribution < 1.29 is 19.2 Å². The maximum Gasteiger partial charge on any atom is 0.327 e. The van der Waals surface area contributed by atoms with Crippen molar-refractivity contribution in [3.63, 3.8) is 0 Å². The lowest BCUT2D eigenvalue weighted by molar-refractivity contribution is -0.142. The Bertz CT molecular complexity index is 1740. The van der Waals surface area contributed by atoms with E-state index in [1.54, 1.807) is 20.3 Å². The molecule has 10 nitrogen and oxygen atoms in total. The third-order valence-electron chi connectivity index (χ3n) is 9.05. The van der Waals surface area contributed by atoms with Gasteiger partial charge in [0.05, 0.1) is 11.6 Å². The Morgan fingerprint density at radius 1 is 0.763 bits per heavy atom. The molecule has 4 aromatic rings. The molecule has 2 fully saturated rings. The summed E-state index contributed by atoms with van der Waals surface area (Å²) in [5, 5.41) is 1.67. The van der Waals surface area contributed by atoms with Crippen molar-refractivity contribution in [1.29, 1.82) is 0 Å². The molecule has 0 radical (unpaired) electrons. The summed E-state index contributed by atoms with van der Waals surface area (Å²) in [5.74, 6) is -1.77. The van der Waals surface area contributed by atoms with E-state index >= 15 is 0 Å². The number of imide groups is 2. The van der Waals surface area contributed by atoms with Gasteiger partial charge in [-0.25, -0.2) is 9.59 Å². The molecule has 4 heterocycles. The maximum absolute atomic E-state index is 14.5. The largest absolute Gasteiger partial charge is 0.361 e. The van der Waals surface area contributed by atoms with E-state index in [4.69, 9.17) is 0 Å². The monoisotopic (exact) mass is 510 g/mol. The molecule has 0 saturated carbocycles. The van der Waals surface area contributed by atoms with Gasteiger partial charge in [-0.2, -0.15) is 0 Å². The number of likely N-dealkylation sites (N-methyl/N-ethyl adjacent to an activating group) is 4. The predicted octanol–water partition coefficient (Wildman–Crippen LogP) is 2.97. The van der Waals surface area contributed by atoms with Crippen LogP contribution >= 0.6 is 0 Å². The normalized spacial score (nSPS) is 27.3. The average molecular weight is 511 g/mol. The predicted molar refractivity (Wildman–Crippen MR) is 139 cm³/mol. The summed E-state index contributed by atoms with van der Waals surface area (Å²) in [6.45, 7) is 0. The lowest BCUT2D eigenvalue weighted by atomic mass is 9.58. The minimum absolute atomic E-state index is 0.183. The van der Waals surface area contributed by atoms with Crippen LogP contribution in [0.25, 0.3) is 21.8 Å². The molecule has 7 rings (SSSR count). The van der Waals surface area contributed by atoms with E-state index in [1.165, 1.54) is 23.9 Å². The van der Waals surface area contributed by atoms with Gasteiger partial charge in [0, 0.05) is 62.6 Å². The van der Waals surface area contributed by atoms with Crippen LogP contribution in [0.15, 0.2) is 54.7 Å². The molecular formula is C28H26N6O4. The Labute approximate surface area is 217 Å². The molecule has 2 saturated heterocycles. The highest BCUT2D eigenvalue weighted by Crippen LogP contribution is 2.61. The molecule has 3 aliphatic rings. The Balaban J connectivity index is 1.69. The molecule has 2 aromatic carbocycles. The lowest BCUT2D eigenvalue weighted by Crippen LogP contribution is -2.67. The molecule has 2 aliphatic heterocycles. The quantitative estimate of drug-likeness (QED) is 0.384. The van der Waals surface area contributed by atoms with Crippen LogP contribution < -0.4 is 0 Å². The number of fused-ring (bicyclic) bond motifs is 5. The summed E-state index contributed by atoms with van der Waals surface area (Å²) >= 11 is 0. The molecule has 0 bridgehead atoms. The van der Waals surface area contributed by atoms with Crippen molar-refractivity contribution in [3.8, 4) is 0 Å². The summed E-state index contributed by atoms with van der Waals surface area (Å²) in [6, 6.07) is 14.4. The highest BCUT2D eigenvalue weighted by atomic mass is 16.2. The van der Waals surface area contributed by atoms with Crippen LogP contribution in [0.4, 0.5) is 9.59 Å². The number of carbonyl (C=O) groups is 4. The number of hydrogen-bond donors (Lipinski definition) is 2. The second-order valence-electron chi connectivity index (χ2n) is 10.5. The van der Waals surface area contributed by atoms with Gasteiger partial charge in [-0.3, -0.25) is 19.4 Å². The molecule has 10 heteroatoms. The smallest absolute Gasteiger partial charge is 0.327 e. The number of H-pyrrole nitrogens is 2. The van der Waals surface area contributed by atoms with E-state index in [0.717, 1.165) is 37.2 Å². The van der Waals surface area contributed by atoms with Gasteiger partial charge in [0.1, 0.15) is 5.54 Å². The zero-order valence-electron chi connectivity index (χ0n) is 21.4. The third kappa shape index (κ3) is 2.26. The Kier molecular flexibility index (Phi) is 4.18. The van der Waals surface area contributed by atoms with Crippen molar-refractivity contribution in [3.05, 3.63) is 71.5 Å². The standard InChI is InChI=1S/C28H26N6O4/c1-31-23(35)27(33(3)25(31)37)13-17-15-9-6-8-12-20(15)30-22(17)28(24(36)32(2)26(38)34(28)4)21(27)18-14-29-19-11-7-5-10-16(18)19/h5-12,14,21,29-30H,13H2,1-4H3/t21-,27-,28-/m1/s1. The first kappa shape index (κ1) is 22.6. The fourth-order valence-electron chi connectivity index (χ4n) is 7.27. The second kappa shape index (κ2) is 7.03. The van der Waals surface area contributed by atoms with Crippen LogP contribution in [0, 0.1) is 0 Å². The number of hydrogen-bond acceptors (Lipinski definition) is 4. The van der Waals surface area contributed by atoms with Gasteiger partial charge < -0.3 is 19.8 Å². The van der Waals surface area contributed by atoms with Crippen LogP contribution in [0.3, 0.4) is 0 Å². The summed E-state index contributed by atoms with van der Waals surface area (Å²) in [5.41, 5.74) is 0.564. The van der Waals surface area contributed by atoms with Crippen LogP contribution in [0.1, 0.15) is 22.7 Å². The van der Waals surface area contributed by atoms with Crippen molar-refractivity contribution in [2.45, 2.75) is 23.4 Å². The molecule has 6 amide bonds. The zero-order valence-corrected chi connectivity index (χ0v) is 21.4. The number of nitrogens with one attached hydrogen (secondary N) is 2. The molecular weight excluding hydrogens is 484 g/mol. The van der Waals surface area contributed by atoms with Gasteiger partial charge in [0.25, 0.3) is 11.8 Å². The number of aromatic amines is 2. The number of carbonyl (C=O) groups excluding carboxylic acids is 4. The first-order chi connectivity index (χ1) is 18.2. The SMILES string of the molecule is CN1C(=O)N(C)[C@@]2(Cc3c([nH]c4ccccc34)[C@@]3(C(=O)N(C)C(=O)N3C)[C@@H]2c2c[nH]c3ccccc23)C1=O. The molecule has 2 aromatic heterocycles. The highest BCUT2D eigenvalue weighted by molar-refractivity contribution is 6.14. The molecule has 2 spiro atoms. The Morgan fingerprint density at radius 2 is 1.37 bits per heavy atom. The number of aromatic nitrogens is 2. The first-order valence-electron chi connectivity index (χ1n) is 12.4. The summed E-state index contributed by atoms with van der Waals surface area (Å²) < 4.78 is 0. The van der Waals surface area contributed by atoms with Gasteiger partial charge in [0.2, 0.25) is 0 Å². The van der Waals surface area contributed by atoms with Gasteiger partial charge in [0.15, 0.2) is 5.54 Å². The fourth-order valence-corrected chi connectivity index (χ4v) is 7.27. The molecule has 1 aliphatic carbocycles. The number of para-hydroxylation sites is 2. The highest BCUT2D eigenvalue weighted by Gasteiger charge is 2.74. The van der Waals surface area contributed by atoms with Gasteiger partial charge in [-0.15, -0.1) is 0 Å². The lowest BCUT2D eigenvalue weighted by Gasteiger charge is -2.52. The first-order valence-corrected chi connectivity index (χ1v) is 12.4. The van der Waals surface area contributed by atoms with Crippen LogP contribution in [0.2, 0.25) is 0 Å².